The molecule has 0 bridgehead atoms. The molecular formula is C14H20FN. The summed E-state index contributed by atoms with van der Waals surface area (Å²) in [5.74, 6) is 0.518. The van der Waals surface area contributed by atoms with Crippen molar-refractivity contribution < 1.29 is 4.39 Å². The fourth-order valence-corrected chi connectivity index (χ4v) is 1.40. The number of hydrogen-bond donors (Lipinski definition) is 1. The van der Waals surface area contributed by atoms with Gasteiger partial charge in [0.2, 0.25) is 0 Å². The van der Waals surface area contributed by atoms with E-state index in [4.69, 9.17) is 0 Å². The Morgan fingerprint density at radius 2 is 2.06 bits per heavy atom. The molecule has 0 atom stereocenters. The van der Waals surface area contributed by atoms with Gasteiger partial charge in [0.05, 0.1) is 0 Å². The van der Waals surface area contributed by atoms with E-state index in [1.54, 1.807) is 12.1 Å². The zero-order valence-electron chi connectivity index (χ0n) is 10.0. The molecule has 1 aromatic rings. The van der Waals surface area contributed by atoms with E-state index in [2.05, 4.69) is 19.2 Å². The third-order valence-electron chi connectivity index (χ3n) is 2.24. The van der Waals surface area contributed by atoms with Gasteiger partial charge in [-0.3, -0.25) is 0 Å². The smallest absolute Gasteiger partial charge is 0.130 e. The summed E-state index contributed by atoms with van der Waals surface area (Å²) in [4.78, 5) is 0. The van der Waals surface area contributed by atoms with Gasteiger partial charge >= 0.3 is 0 Å². The topological polar surface area (TPSA) is 12.0 Å². The van der Waals surface area contributed by atoms with Crippen LogP contribution in [0, 0.1) is 11.7 Å². The molecule has 0 amide bonds. The Balaban J connectivity index is 2.25. The van der Waals surface area contributed by atoms with E-state index >= 15 is 0 Å². The highest BCUT2D eigenvalue weighted by Crippen LogP contribution is 2.08. The van der Waals surface area contributed by atoms with Crippen molar-refractivity contribution in [3.05, 3.63) is 41.7 Å². The Morgan fingerprint density at radius 1 is 1.31 bits per heavy atom. The summed E-state index contributed by atoms with van der Waals surface area (Å²) in [6.45, 7) is 6.35. The largest absolute Gasteiger partial charge is 0.316 e. The van der Waals surface area contributed by atoms with Gasteiger partial charge < -0.3 is 5.32 Å². The number of rotatable bonds is 6. The molecule has 1 rings (SSSR count). The fourth-order valence-electron chi connectivity index (χ4n) is 1.40. The summed E-state index contributed by atoms with van der Waals surface area (Å²) >= 11 is 0. The van der Waals surface area contributed by atoms with Crippen molar-refractivity contribution in [1.82, 2.24) is 5.32 Å². The first kappa shape index (κ1) is 12.9. The number of benzene rings is 1. The van der Waals surface area contributed by atoms with E-state index < -0.39 is 0 Å². The maximum Gasteiger partial charge on any atom is 0.130 e. The second-order valence-corrected chi connectivity index (χ2v) is 4.31. The average molecular weight is 221 g/mol. The van der Waals surface area contributed by atoms with Crippen molar-refractivity contribution in [2.45, 2.75) is 20.3 Å². The van der Waals surface area contributed by atoms with Crippen LogP contribution in [0.15, 0.2) is 30.3 Å². The van der Waals surface area contributed by atoms with Gasteiger partial charge in [-0.1, -0.05) is 44.2 Å². The molecule has 0 saturated carbocycles. The first-order valence-electron chi connectivity index (χ1n) is 5.82. The molecule has 0 radical (unpaired) electrons. The standard InChI is InChI=1S/C14H20FN/c1-12(2)11-16-10-6-5-8-13-7-3-4-9-14(13)15/h3-5,7-9,12,16H,6,10-11H2,1-2H3. The van der Waals surface area contributed by atoms with Crippen LogP contribution in [0.5, 0.6) is 0 Å². The summed E-state index contributed by atoms with van der Waals surface area (Å²) in [6, 6.07) is 6.82. The molecule has 2 heteroatoms. The maximum absolute atomic E-state index is 13.2. The Labute approximate surface area is 97.4 Å². The highest BCUT2D eigenvalue weighted by Gasteiger charge is 1.94. The van der Waals surface area contributed by atoms with Crippen LogP contribution in [0.3, 0.4) is 0 Å². The highest BCUT2D eigenvalue weighted by molar-refractivity contribution is 5.49. The molecule has 0 aliphatic carbocycles. The van der Waals surface area contributed by atoms with E-state index in [9.17, 15) is 4.39 Å². The van der Waals surface area contributed by atoms with E-state index in [0.29, 0.717) is 11.5 Å². The van der Waals surface area contributed by atoms with Crippen LogP contribution in [0.25, 0.3) is 6.08 Å². The molecule has 1 N–H and O–H groups in total. The van der Waals surface area contributed by atoms with Crippen LogP contribution >= 0.6 is 0 Å². The molecule has 16 heavy (non-hydrogen) atoms. The second-order valence-electron chi connectivity index (χ2n) is 4.31. The molecular weight excluding hydrogens is 201 g/mol. The van der Waals surface area contributed by atoms with Crippen molar-refractivity contribution in [2.24, 2.45) is 5.92 Å². The van der Waals surface area contributed by atoms with Gasteiger partial charge in [0, 0.05) is 5.56 Å². The van der Waals surface area contributed by atoms with Crippen molar-refractivity contribution in [2.75, 3.05) is 13.1 Å². The van der Waals surface area contributed by atoms with Gasteiger partial charge in [0.15, 0.2) is 0 Å². The van der Waals surface area contributed by atoms with Crippen molar-refractivity contribution in [1.29, 1.82) is 0 Å². The van der Waals surface area contributed by atoms with E-state index in [1.807, 2.05) is 18.2 Å². The van der Waals surface area contributed by atoms with Gasteiger partial charge in [-0.15, -0.1) is 0 Å². The molecule has 0 fully saturated rings. The highest BCUT2D eigenvalue weighted by atomic mass is 19.1. The molecule has 0 aromatic heterocycles. The zero-order chi connectivity index (χ0) is 11.8. The Bertz CT molecular complexity index is 331. The van der Waals surface area contributed by atoms with Gasteiger partial charge in [0.25, 0.3) is 0 Å². The number of halogens is 1. The van der Waals surface area contributed by atoms with Gasteiger partial charge in [-0.2, -0.15) is 0 Å². The first-order valence-corrected chi connectivity index (χ1v) is 5.82. The fraction of sp³-hybridized carbons (Fsp3) is 0.429. The lowest BCUT2D eigenvalue weighted by Gasteiger charge is -2.04. The predicted octanol–water partition coefficient (Wildman–Crippen LogP) is 3.47. The van der Waals surface area contributed by atoms with Crippen LogP contribution in [-0.4, -0.2) is 13.1 Å². The maximum atomic E-state index is 13.2. The molecule has 1 nitrogen and oxygen atoms in total. The predicted molar refractivity (Wildman–Crippen MR) is 67.8 cm³/mol. The van der Waals surface area contributed by atoms with Crippen LogP contribution in [0.4, 0.5) is 4.39 Å². The van der Waals surface area contributed by atoms with Crippen LogP contribution < -0.4 is 5.32 Å². The van der Waals surface area contributed by atoms with E-state index in [-0.39, 0.29) is 5.82 Å². The van der Waals surface area contributed by atoms with E-state index in [0.717, 1.165) is 19.5 Å². The van der Waals surface area contributed by atoms with Crippen molar-refractivity contribution in [3.63, 3.8) is 0 Å². The Morgan fingerprint density at radius 3 is 2.75 bits per heavy atom. The molecule has 0 unspecified atom stereocenters. The Hall–Kier alpha value is -1.15. The molecule has 0 aliphatic rings. The zero-order valence-corrected chi connectivity index (χ0v) is 10.0. The quantitative estimate of drug-likeness (QED) is 0.725. The molecule has 0 saturated heterocycles. The molecule has 0 aliphatic heterocycles. The van der Waals surface area contributed by atoms with E-state index in [1.165, 1.54) is 6.07 Å². The molecule has 88 valence electrons. The minimum atomic E-state index is -0.158. The SMILES string of the molecule is CC(C)CNCCC=Cc1ccccc1F. The van der Waals surface area contributed by atoms with Crippen LogP contribution in [-0.2, 0) is 0 Å². The van der Waals surface area contributed by atoms with Gasteiger partial charge in [-0.25, -0.2) is 4.39 Å². The lowest BCUT2D eigenvalue weighted by molar-refractivity contribution is 0.557. The van der Waals surface area contributed by atoms with Crippen molar-refractivity contribution in [3.8, 4) is 0 Å². The van der Waals surface area contributed by atoms with Crippen molar-refractivity contribution >= 4 is 6.08 Å². The third kappa shape index (κ3) is 5.08. The molecule has 0 spiro atoms. The monoisotopic (exact) mass is 221 g/mol. The summed E-state index contributed by atoms with van der Waals surface area (Å²) in [6.07, 6.45) is 4.78. The number of nitrogens with one attached hydrogen (secondary N) is 1. The minimum absolute atomic E-state index is 0.158. The van der Waals surface area contributed by atoms with Gasteiger partial charge in [-0.05, 0) is 31.5 Å². The van der Waals surface area contributed by atoms with Crippen LogP contribution in [0.2, 0.25) is 0 Å². The van der Waals surface area contributed by atoms with Crippen LogP contribution in [0.1, 0.15) is 25.8 Å². The lowest BCUT2D eigenvalue weighted by atomic mass is 10.2. The second kappa shape index (κ2) is 7.18. The first-order chi connectivity index (χ1) is 7.70. The normalized spacial score (nSPS) is 11.5. The summed E-state index contributed by atoms with van der Waals surface area (Å²) in [7, 11) is 0. The minimum Gasteiger partial charge on any atom is -0.316 e. The third-order valence-corrected chi connectivity index (χ3v) is 2.24. The summed E-state index contributed by atoms with van der Waals surface area (Å²) < 4.78 is 13.2. The summed E-state index contributed by atoms with van der Waals surface area (Å²) in [5, 5.41) is 3.34. The van der Waals surface area contributed by atoms with Gasteiger partial charge in [0.1, 0.15) is 5.82 Å². The average Bonchev–Trinajstić information content (AvgIpc) is 2.25. The lowest BCUT2D eigenvalue weighted by Crippen LogP contribution is -2.20. The molecule has 0 heterocycles. The number of hydrogen-bond acceptors (Lipinski definition) is 1. The Kier molecular flexibility index (Phi) is 5.79. The summed E-state index contributed by atoms with van der Waals surface area (Å²) in [5.41, 5.74) is 0.659. The molecule has 1 aromatic carbocycles.